The third kappa shape index (κ3) is 5.42. The Morgan fingerprint density at radius 3 is 2.80 bits per heavy atom. The van der Waals surface area contributed by atoms with Gasteiger partial charge in [-0.1, -0.05) is 41.6 Å². The van der Waals surface area contributed by atoms with Gasteiger partial charge in [-0.2, -0.15) is 0 Å². The summed E-state index contributed by atoms with van der Waals surface area (Å²) in [4.78, 5) is 31.6. The predicted molar refractivity (Wildman–Crippen MR) is 122 cm³/mol. The van der Waals surface area contributed by atoms with Crippen LogP contribution in [-0.2, 0) is 4.79 Å². The fraction of sp³-hybridized carbons (Fsp3) is 0.348. The van der Waals surface area contributed by atoms with E-state index in [0.29, 0.717) is 28.8 Å². The lowest BCUT2D eigenvalue weighted by molar-refractivity contribution is -0.128. The first kappa shape index (κ1) is 21.9. The van der Waals surface area contributed by atoms with Crippen LogP contribution in [0.3, 0.4) is 0 Å². The Bertz CT molecular complexity index is 945. The monoisotopic (exact) mass is 425 g/mol. The summed E-state index contributed by atoms with van der Waals surface area (Å²) in [5, 5.41) is 3.50. The summed E-state index contributed by atoms with van der Waals surface area (Å²) < 4.78 is 5.64. The van der Waals surface area contributed by atoms with Crippen molar-refractivity contribution < 1.29 is 14.3 Å². The number of amidine groups is 1. The summed E-state index contributed by atoms with van der Waals surface area (Å²) in [6, 6.07) is 15.0. The molecule has 3 rings (SSSR count). The maximum atomic E-state index is 12.9. The van der Waals surface area contributed by atoms with Gasteiger partial charge in [0.05, 0.1) is 6.61 Å². The second kappa shape index (κ2) is 10.3. The Kier molecular flexibility index (Phi) is 7.52. The minimum Gasteiger partial charge on any atom is -0.492 e. The van der Waals surface area contributed by atoms with Crippen LogP contribution in [0, 0.1) is 6.92 Å². The molecule has 0 saturated carbocycles. The Labute approximate surface area is 181 Å². The van der Waals surface area contributed by atoms with Gasteiger partial charge < -0.3 is 10.1 Å². The van der Waals surface area contributed by atoms with Gasteiger partial charge in [0, 0.05) is 30.3 Å². The first-order valence-electron chi connectivity index (χ1n) is 10.1. The second-order valence-corrected chi connectivity index (χ2v) is 8.08. The lowest BCUT2D eigenvalue weighted by Gasteiger charge is -2.21. The number of carbonyl (C=O) groups is 2. The van der Waals surface area contributed by atoms with Gasteiger partial charge in [0.15, 0.2) is 5.17 Å². The number of hydrogen-bond donors (Lipinski definition) is 1. The summed E-state index contributed by atoms with van der Waals surface area (Å²) in [5.74, 6) is 1.27. The largest absolute Gasteiger partial charge is 0.492 e. The zero-order chi connectivity index (χ0) is 21.5. The summed E-state index contributed by atoms with van der Waals surface area (Å²) in [6.45, 7) is 6.71. The highest BCUT2D eigenvalue weighted by Gasteiger charge is 2.32. The van der Waals surface area contributed by atoms with Crippen LogP contribution in [0.25, 0.3) is 0 Å². The van der Waals surface area contributed by atoms with E-state index >= 15 is 0 Å². The molecule has 1 unspecified atom stereocenters. The van der Waals surface area contributed by atoms with E-state index in [2.05, 4.69) is 5.32 Å². The number of aryl methyl sites for hydroxylation is 1. The molecule has 1 saturated heterocycles. The summed E-state index contributed by atoms with van der Waals surface area (Å²) in [6.07, 6.45) is 0.217. The third-order valence-corrected chi connectivity index (χ3v) is 5.85. The summed E-state index contributed by atoms with van der Waals surface area (Å²) in [7, 11) is 0. The molecule has 7 heteroatoms. The Balaban J connectivity index is 1.64. The molecule has 158 valence electrons. The first-order chi connectivity index (χ1) is 14.5. The zero-order valence-corrected chi connectivity index (χ0v) is 18.4. The van der Waals surface area contributed by atoms with Gasteiger partial charge >= 0.3 is 0 Å². The van der Waals surface area contributed by atoms with Crippen molar-refractivity contribution in [2.24, 2.45) is 4.99 Å². The smallest absolute Gasteiger partial charge is 0.251 e. The molecule has 1 N–H and O–H groups in total. The molecule has 1 fully saturated rings. The van der Waals surface area contributed by atoms with Crippen LogP contribution in [0.1, 0.15) is 36.2 Å². The second-order valence-electron chi connectivity index (χ2n) is 7.09. The number of thioether (sulfide) groups is 1. The Morgan fingerprint density at radius 2 is 2.03 bits per heavy atom. The molecule has 6 nitrogen and oxygen atoms in total. The van der Waals surface area contributed by atoms with E-state index < -0.39 is 0 Å². The molecule has 2 aromatic carbocycles. The molecule has 0 radical (unpaired) electrons. The van der Waals surface area contributed by atoms with Crippen molar-refractivity contribution >= 4 is 34.4 Å². The van der Waals surface area contributed by atoms with E-state index in [0.717, 1.165) is 11.3 Å². The first-order valence-corrected chi connectivity index (χ1v) is 11.1. The molecule has 30 heavy (non-hydrogen) atoms. The third-order valence-electron chi connectivity index (χ3n) is 4.66. The van der Waals surface area contributed by atoms with Crippen molar-refractivity contribution in [1.29, 1.82) is 0 Å². The lowest BCUT2D eigenvalue weighted by Crippen LogP contribution is -2.39. The van der Waals surface area contributed by atoms with Crippen LogP contribution in [0.15, 0.2) is 53.5 Å². The van der Waals surface area contributed by atoms with E-state index in [-0.39, 0.29) is 30.8 Å². The van der Waals surface area contributed by atoms with Gasteiger partial charge in [0.25, 0.3) is 5.91 Å². The van der Waals surface area contributed by atoms with Crippen LogP contribution in [0.4, 0.5) is 5.69 Å². The molecule has 2 aromatic rings. The average molecular weight is 426 g/mol. The number of benzene rings is 2. The van der Waals surface area contributed by atoms with Crippen LogP contribution in [-0.4, -0.2) is 46.8 Å². The Hall–Kier alpha value is -2.80. The minimum atomic E-state index is -0.171. The number of carbonyl (C=O) groups excluding carboxylic acids is 2. The van der Waals surface area contributed by atoms with Crippen molar-refractivity contribution in [3.05, 3.63) is 59.7 Å². The predicted octanol–water partition coefficient (Wildman–Crippen LogP) is 4.17. The molecule has 0 aromatic heterocycles. The van der Waals surface area contributed by atoms with Crippen molar-refractivity contribution in [2.75, 3.05) is 18.9 Å². The lowest BCUT2D eigenvalue weighted by atomic mass is 10.1. The van der Waals surface area contributed by atoms with Crippen molar-refractivity contribution in [1.82, 2.24) is 10.2 Å². The van der Waals surface area contributed by atoms with Crippen LogP contribution in [0.2, 0.25) is 0 Å². The highest BCUT2D eigenvalue weighted by atomic mass is 32.2. The molecule has 1 atom stereocenters. The number of nitrogens with zero attached hydrogens (tertiary/aromatic N) is 2. The van der Waals surface area contributed by atoms with Gasteiger partial charge in [0.2, 0.25) is 5.91 Å². The molecule has 1 aliphatic rings. The van der Waals surface area contributed by atoms with Crippen molar-refractivity contribution in [2.45, 2.75) is 33.2 Å². The quantitative estimate of drug-likeness (QED) is 0.723. The molecule has 1 aliphatic heterocycles. The molecular weight excluding hydrogens is 398 g/mol. The number of aliphatic imine (C=N–C) groups is 1. The average Bonchev–Trinajstić information content (AvgIpc) is 3.09. The number of para-hydroxylation sites is 2. The summed E-state index contributed by atoms with van der Waals surface area (Å²) in [5.41, 5.74) is 2.33. The van der Waals surface area contributed by atoms with E-state index in [1.54, 1.807) is 22.7 Å². The normalized spacial score (nSPS) is 17.2. The zero-order valence-electron chi connectivity index (χ0n) is 17.6. The van der Waals surface area contributed by atoms with Crippen molar-refractivity contribution in [3.8, 4) is 5.75 Å². The van der Waals surface area contributed by atoms with Crippen molar-refractivity contribution in [3.63, 3.8) is 0 Å². The maximum absolute atomic E-state index is 12.9. The van der Waals surface area contributed by atoms with E-state index in [9.17, 15) is 9.59 Å². The highest BCUT2D eigenvalue weighted by Crippen LogP contribution is 2.32. The fourth-order valence-electron chi connectivity index (χ4n) is 3.19. The van der Waals surface area contributed by atoms with Gasteiger partial charge in [-0.3, -0.25) is 14.5 Å². The van der Waals surface area contributed by atoms with Gasteiger partial charge in [-0.15, -0.1) is 0 Å². The topological polar surface area (TPSA) is 71.0 Å². The molecule has 0 bridgehead atoms. The number of amides is 2. The van der Waals surface area contributed by atoms with E-state index in [1.807, 2.05) is 63.2 Å². The van der Waals surface area contributed by atoms with E-state index in [4.69, 9.17) is 9.73 Å². The van der Waals surface area contributed by atoms with Crippen LogP contribution >= 0.6 is 11.8 Å². The molecular formula is C23H27N3O3S. The number of ether oxygens (including phenoxy) is 1. The van der Waals surface area contributed by atoms with Crippen LogP contribution < -0.4 is 10.1 Å². The molecule has 2 amide bonds. The number of nitrogens with one attached hydrogen (secondary N) is 1. The standard InChI is InChI=1S/C23H27N3O3S/c1-4-29-20-11-6-5-10-19(20)25-23-26(17(3)15-30-23)21(27)12-13-24-22(28)18-9-7-8-16(2)14-18/h5-11,14,17H,4,12-13,15H2,1-3H3,(H,24,28). The fourth-order valence-corrected chi connectivity index (χ4v) is 4.31. The van der Waals surface area contributed by atoms with Gasteiger partial charge in [0.1, 0.15) is 11.4 Å². The summed E-state index contributed by atoms with van der Waals surface area (Å²) >= 11 is 1.56. The Morgan fingerprint density at radius 1 is 1.23 bits per heavy atom. The highest BCUT2D eigenvalue weighted by molar-refractivity contribution is 8.14. The van der Waals surface area contributed by atoms with Gasteiger partial charge in [-0.25, -0.2) is 4.99 Å². The molecule has 0 spiro atoms. The molecule has 1 heterocycles. The number of hydrogen-bond acceptors (Lipinski definition) is 5. The number of rotatable bonds is 7. The minimum absolute atomic E-state index is 0.0491. The SMILES string of the molecule is CCOc1ccccc1N=C1SCC(C)N1C(=O)CCNC(=O)c1cccc(C)c1. The van der Waals surface area contributed by atoms with Gasteiger partial charge in [-0.05, 0) is 45.0 Å². The van der Waals surface area contributed by atoms with E-state index in [1.165, 1.54) is 0 Å². The molecule has 0 aliphatic carbocycles. The van der Waals surface area contributed by atoms with Crippen LogP contribution in [0.5, 0.6) is 5.75 Å². The maximum Gasteiger partial charge on any atom is 0.251 e.